The molecule has 0 aliphatic carbocycles. The molecule has 2 aromatic carbocycles. The fraction of sp³-hybridized carbons (Fsp3) is 0.500. The van der Waals surface area contributed by atoms with Crippen molar-refractivity contribution in [2.45, 2.75) is 75.6 Å². The summed E-state index contributed by atoms with van der Waals surface area (Å²) in [6.07, 6.45) is 5.21. The molecule has 0 spiro atoms. The minimum atomic E-state index is -1.35. The average Bonchev–Trinajstić information content (AvgIpc) is 3.29. The summed E-state index contributed by atoms with van der Waals surface area (Å²) in [5, 5.41) is 24.7. The van der Waals surface area contributed by atoms with Gasteiger partial charge in [0.05, 0.1) is 36.7 Å². The van der Waals surface area contributed by atoms with Gasteiger partial charge in [-0.05, 0) is 68.8 Å². The molecule has 4 heterocycles. The van der Waals surface area contributed by atoms with Crippen LogP contribution in [0.2, 0.25) is 10.0 Å². The van der Waals surface area contributed by atoms with Crippen molar-refractivity contribution in [1.82, 2.24) is 20.0 Å². The predicted molar refractivity (Wildman–Crippen MR) is 196 cm³/mol. The highest BCUT2D eigenvalue weighted by Gasteiger charge is 2.43. The Balaban J connectivity index is 1.27. The number of benzene rings is 2. The normalized spacial score (nSPS) is 24.2. The largest absolute Gasteiger partial charge is 0.478 e. The van der Waals surface area contributed by atoms with Crippen LogP contribution in [-0.2, 0) is 32.1 Å². The summed E-state index contributed by atoms with van der Waals surface area (Å²) in [6, 6.07) is 14.2. The summed E-state index contributed by atoms with van der Waals surface area (Å²) in [5.74, 6) is -4.20. The Kier molecular flexibility index (Phi) is 12.1. The number of aryl methyl sites for hydroxylation is 1. The molecule has 11 nitrogen and oxygen atoms in total. The summed E-state index contributed by atoms with van der Waals surface area (Å²) in [7, 11) is 2.23. The van der Waals surface area contributed by atoms with Gasteiger partial charge in [0.25, 0.3) is 0 Å². The van der Waals surface area contributed by atoms with Gasteiger partial charge in [-0.2, -0.15) is 0 Å². The van der Waals surface area contributed by atoms with Crippen LogP contribution in [0.5, 0.6) is 0 Å². The van der Waals surface area contributed by atoms with Crippen LogP contribution in [0, 0.1) is 0 Å². The van der Waals surface area contributed by atoms with Gasteiger partial charge < -0.3 is 35.8 Å². The van der Waals surface area contributed by atoms with Crippen molar-refractivity contribution in [3.8, 4) is 0 Å². The lowest BCUT2D eigenvalue weighted by Gasteiger charge is -2.45. The first-order chi connectivity index (χ1) is 24.6. The number of nitrogens with two attached hydrogens (primary N) is 1. The van der Waals surface area contributed by atoms with Gasteiger partial charge in [-0.25, -0.2) is 9.59 Å². The SMILES string of the molecule is CN1C2CCC1CC(N1CCN(C(=O)CC3=C(C(=O)O)C(c4c(Cl)cccc4Cl)C(C(=O)O)=C(CCc4ccccc4COCCN)N3)CC1)C2. The van der Waals surface area contributed by atoms with Crippen LogP contribution in [0.15, 0.2) is 65.0 Å². The van der Waals surface area contributed by atoms with Gasteiger partial charge in [0.15, 0.2) is 0 Å². The lowest BCUT2D eigenvalue weighted by Crippen LogP contribution is -2.56. The Labute approximate surface area is 309 Å². The van der Waals surface area contributed by atoms with Crippen molar-refractivity contribution in [2.24, 2.45) is 5.73 Å². The van der Waals surface area contributed by atoms with E-state index in [1.54, 1.807) is 23.1 Å². The van der Waals surface area contributed by atoms with Gasteiger partial charge in [0.1, 0.15) is 0 Å². The van der Waals surface area contributed by atoms with Crippen LogP contribution >= 0.6 is 23.2 Å². The molecule has 3 saturated heterocycles. The highest BCUT2D eigenvalue weighted by atomic mass is 35.5. The molecule has 3 atom stereocenters. The first-order valence-electron chi connectivity index (χ1n) is 17.8. The molecule has 1 amide bonds. The Morgan fingerprint density at radius 3 is 2.06 bits per heavy atom. The number of halogens is 2. The summed E-state index contributed by atoms with van der Waals surface area (Å²) >= 11 is 13.3. The highest BCUT2D eigenvalue weighted by Crippen LogP contribution is 2.45. The number of fused-ring (bicyclic) bond motifs is 2. The number of piperidine rings is 1. The number of dihydropyridines is 1. The number of hydrogen-bond acceptors (Lipinski definition) is 8. The second kappa shape index (κ2) is 16.5. The fourth-order valence-electron chi connectivity index (χ4n) is 8.47. The number of rotatable bonds is 13. The number of piperazine rings is 1. The molecule has 0 saturated carbocycles. The lowest BCUT2D eigenvalue weighted by atomic mass is 9.78. The van der Waals surface area contributed by atoms with Crippen molar-refractivity contribution < 1.29 is 29.3 Å². The van der Waals surface area contributed by atoms with E-state index in [9.17, 15) is 24.6 Å². The lowest BCUT2D eigenvalue weighted by molar-refractivity contribution is -0.133. The molecule has 3 fully saturated rings. The van der Waals surface area contributed by atoms with E-state index >= 15 is 0 Å². The number of carbonyl (C=O) groups excluding carboxylic acids is 1. The maximum Gasteiger partial charge on any atom is 0.334 e. The zero-order valence-electron chi connectivity index (χ0n) is 29.0. The molecule has 5 N–H and O–H groups in total. The number of allylic oxidation sites excluding steroid dienone is 1. The first-order valence-corrected chi connectivity index (χ1v) is 18.5. The van der Waals surface area contributed by atoms with E-state index in [1.807, 2.05) is 24.3 Å². The van der Waals surface area contributed by atoms with Crippen molar-refractivity contribution >= 4 is 41.0 Å². The Morgan fingerprint density at radius 1 is 0.843 bits per heavy atom. The number of hydrogen-bond donors (Lipinski definition) is 4. The summed E-state index contributed by atoms with van der Waals surface area (Å²) < 4.78 is 5.68. The first kappa shape index (κ1) is 37.3. The second-order valence-corrected chi connectivity index (χ2v) is 14.8. The molecule has 6 rings (SSSR count). The molecule has 2 bridgehead atoms. The number of nitrogens with one attached hydrogen (secondary N) is 1. The number of ether oxygens (including phenoxy) is 1. The number of nitrogens with zero attached hydrogens (tertiary/aromatic N) is 3. The van der Waals surface area contributed by atoms with E-state index in [2.05, 4.69) is 22.2 Å². The summed E-state index contributed by atoms with van der Waals surface area (Å²) in [4.78, 5) is 47.0. The van der Waals surface area contributed by atoms with Crippen molar-refractivity contribution in [3.63, 3.8) is 0 Å². The number of carboxylic acid groups (broad SMARTS) is 2. The quantitative estimate of drug-likeness (QED) is 0.215. The third-order valence-electron chi connectivity index (χ3n) is 11.1. The van der Waals surface area contributed by atoms with E-state index in [-0.39, 0.29) is 51.2 Å². The van der Waals surface area contributed by atoms with Crippen LogP contribution < -0.4 is 11.1 Å². The van der Waals surface area contributed by atoms with Crippen molar-refractivity contribution in [3.05, 3.63) is 91.7 Å². The molecule has 274 valence electrons. The van der Waals surface area contributed by atoms with Gasteiger partial charge in [-0.1, -0.05) is 53.5 Å². The smallest absolute Gasteiger partial charge is 0.334 e. The van der Waals surface area contributed by atoms with Crippen LogP contribution in [0.4, 0.5) is 0 Å². The molecule has 2 aromatic rings. The fourth-order valence-corrected chi connectivity index (χ4v) is 9.09. The predicted octanol–water partition coefficient (Wildman–Crippen LogP) is 4.63. The molecule has 0 aromatic heterocycles. The van der Waals surface area contributed by atoms with Crippen LogP contribution in [0.25, 0.3) is 0 Å². The monoisotopic (exact) mass is 739 g/mol. The zero-order valence-corrected chi connectivity index (χ0v) is 30.5. The Bertz CT molecular complexity index is 1670. The van der Waals surface area contributed by atoms with Gasteiger partial charge >= 0.3 is 11.9 Å². The van der Waals surface area contributed by atoms with Gasteiger partial charge in [0, 0.05) is 77.9 Å². The van der Waals surface area contributed by atoms with E-state index in [1.165, 1.54) is 12.8 Å². The zero-order chi connectivity index (χ0) is 36.2. The topological polar surface area (TPSA) is 149 Å². The van der Waals surface area contributed by atoms with E-state index in [0.29, 0.717) is 63.1 Å². The number of carboxylic acids is 2. The average molecular weight is 741 g/mol. The minimum Gasteiger partial charge on any atom is -0.478 e. The number of aliphatic carboxylic acids is 2. The number of amides is 1. The molecule has 0 radical (unpaired) electrons. The van der Waals surface area contributed by atoms with Crippen LogP contribution in [0.1, 0.15) is 61.1 Å². The van der Waals surface area contributed by atoms with Crippen molar-refractivity contribution in [1.29, 1.82) is 0 Å². The van der Waals surface area contributed by atoms with Gasteiger partial charge in [-0.3, -0.25) is 9.69 Å². The number of carbonyl (C=O) groups is 3. The maximum atomic E-state index is 13.9. The third-order valence-corrected chi connectivity index (χ3v) is 11.8. The molecular weight excluding hydrogens is 693 g/mol. The third kappa shape index (κ3) is 8.14. The minimum absolute atomic E-state index is 0.137. The Hall–Kier alpha value is -3.45. The highest BCUT2D eigenvalue weighted by molar-refractivity contribution is 6.36. The van der Waals surface area contributed by atoms with E-state index in [0.717, 1.165) is 37.1 Å². The molecule has 51 heavy (non-hydrogen) atoms. The molecule has 13 heteroatoms. The van der Waals surface area contributed by atoms with Gasteiger partial charge in [-0.15, -0.1) is 0 Å². The molecular formula is C38H47Cl2N5O6. The summed E-state index contributed by atoms with van der Waals surface area (Å²) in [6.45, 7) is 3.75. The Morgan fingerprint density at radius 2 is 1.45 bits per heavy atom. The molecule has 4 aliphatic rings. The van der Waals surface area contributed by atoms with Gasteiger partial charge in [0.2, 0.25) is 5.91 Å². The standard InChI is InChI=1S/C38H47Cl2N5O6/c1-43-25-10-11-26(43)20-27(19-25)44-14-16-45(17-15-44)32(46)21-31-35(38(49)50)36(33-28(39)7-4-8-29(33)40)34(37(47)48)30(42-31)12-9-23-5-2-3-6-24(23)22-51-18-13-41/h2-8,25-27,36,42H,9-22,41H2,1H3,(H,47,48)(H,49,50). The second-order valence-electron chi connectivity index (χ2n) is 14.0. The van der Waals surface area contributed by atoms with E-state index < -0.39 is 17.9 Å². The summed E-state index contributed by atoms with van der Waals surface area (Å²) in [5.41, 5.74) is 7.68. The van der Waals surface area contributed by atoms with Crippen LogP contribution in [-0.4, -0.2) is 107 Å². The van der Waals surface area contributed by atoms with Crippen molar-refractivity contribution in [2.75, 3.05) is 46.4 Å². The van der Waals surface area contributed by atoms with Crippen LogP contribution in [0.3, 0.4) is 0 Å². The molecule has 4 aliphatic heterocycles. The maximum absolute atomic E-state index is 13.9. The van der Waals surface area contributed by atoms with E-state index in [4.69, 9.17) is 33.7 Å². The molecule has 3 unspecified atom stereocenters.